The number of rotatable bonds is 9. The Balaban J connectivity index is 0.886. The van der Waals surface area contributed by atoms with Gasteiger partial charge < -0.3 is 0 Å². The summed E-state index contributed by atoms with van der Waals surface area (Å²) < 4.78 is 0. The molecule has 0 atom stereocenters. The van der Waals surface area contributed by atoms with Gasteiger partial charge in [-0.2, -0.15) is 0 Å². The molecule has 0 nitrogen and oxygen atoms in total. The second kappa shape index (κ2) is 10.2. The van der Waals surface area contributed by atoms with Crippen molar-refractivity contribution < 1.29 is 0 Å². The van der Waals surface area contributed by atoms with Gasteiger partial charge in [-0.15, -0.1) is 23.5 Å². The summed E-state index contributed by atoms with van der Waals surface area (Å²) >= 11 is 4.07. The van der Waals surface area contributed by atoms with Crippen molar-refractivity contribution >= 4 is 88.2 Å². The van der Waals surface area contributed by atoms with Crippen LogP contribution in [-0.4, -0.2) is 11.5 Å². The van der Waals surface area contributed by atoms with Crippen LogP contribution >= 0.6 is 23.5 Å². The quantitative estimate of drug-likeness (QED) is 0.0995. The van der Waals surface area contributed by atoms with E-state index in [2.05, 4.69) is 109 Å². The van der Waals surface area contributed by atoms with Crippen LogP contribution in [0.4, 0.5) is 0 Å². The number of hydrogen-bond acceptors (Lipinski definition) is 2. The first-order chi connectivity index (χ1) is 19.8. The Bertz CT molecular complexity index is 1940. The van der Waals surface area contributed by atoms with Crippen LogP contribution in [0.2, 0.25) is 0 Å². The van der Waals surface area contributed by atoms with Crippen LogP contribution in [0.3, 0.4) is 0 Å². The highest BCUT2D eigenvalue weighted by atomic mass is 32.2. The highest BCUT2D eigenvalue weighted by Gasteiger charge is 2.12. The van der Waals surface area contributed by atoms with Crippen molar-refractivity contribution in [3.8, 4) is 0 Å². The molecule has 0 saturated carbocycles. The molecule has 8 aromatic rings. The topological polar surface area (TPSA) is 0 Å². The van der Waals surface area contributed by atoms with Crippen molar-refractivity contribution in [1.29, 1.82) is 0 Å². The van der Waals surface area contributed by atoms with E-state index in [1.807, 2.05) is 23.5 Å². The molecule has 0 bridgehead atoms. The molecule has 0 radical (unpaired) electrons. The molecule has 8 rings (SSSR count). The maximum atomic E-state index is 2.34. The zero-order chi connectivity index (χ0) is 26.5. The highest BCUT2D eigenvalue weighted by molar-refractivity contribution is 7.99. The fourth-order valence-corrected chi connectivity index (χ4v) is 8.71. The van der Waals surface area contributed by atoms with Crippen LogP contribution in [0.25, 0.3) is 64.6 Å². The third-order valence-corrected chi connectivity index (χ3v) is 10.9. The lowest BCUT2D eigenvalue weighted by atomic mass is 9.94. The zero-order valence-corrected chi connectivity index (χ0v) is 24.1. The molecule has 0 fully saturated rings. The van der Waals surface area contributed by atoms with Gasteiger partial charge in [0.2, 0.25) is 0 Å². The second-order valence-corrected chi connectivity index (χ2v) is 13.2. The van der Waals surface area contributed by atoms with Crippen molar-refractivity contribution in [2.75, 3.05) is 11.5 Å². The predicted molar refractivity (Wildman–Crippen MR) is 180 cm³/mol. The van der Waals surface area contributed by atoms with E-state index in [9.17, 15) is 0 Å². The summed E-state index contributed by atoms with van der Waals surface area (Å²) in [4.78, 5) is 2.85. The van der Waals surface area contributed by atoms with Crippen LogP contribution in [0.15, 0.2) is 119 Å². The summed E-state index contributed by atoms with van der Waals surface area (Å²) in [6, 6.07) is 40.9. The molecule has 0 aliphatic carbocycles. The summed E-state index contributed by atoms with van der Waals surface area (Å²) in [6.45, 7) is 0. The molecule has 0 saturated heterocycles. The molecule has 194 valence electrons. The van der Waals surface area contributed by atoms with E-state index in [0.29, 0.717) is 0 Å². The smallest absolute Gasteiger partial charge is 0.0151 e. The van der Waals surface area contributed by atoms with E-state index >= 15 is 0 Å². The third-order valence-electron chi connectivity index (χ3n) is 8.53. The largest absolute Gasteiger partial charge is 0.126 e. The van der Waals surface area contributed by atoms with Gasteiger partial charge in [0.25, 0.3) is 0 Å². The average molecular weight is 551 g/mol. The number of unbranched alkanes of at least 4 members (excludes halogenated alkanes) is 3. The standard InChI is InChI=1S/C38H30S2/c1(3-23-39-33-21-17-29-13-11-25-7-5-9-27-15-19-31(33)37(29)35(25)27)2-4-24-40-34-22-18-30-14-12-26-8-6-10-28-16-20-32(34)38(30)36(26)28/h5-22H,1-4,23-24H2. The van der Waals surface area contributed by atoms with E-state index in [1.165, 1.54) is 112 Å². The van der Waals surface area contributed by atoms with Gasteiger partial charge in [-0.05, 0) is 101 Å². The molecule has 0 unspecified atom stereocenters. The SMILES string of the molecule is c1cc2ccc3ccc(SCCCCCCSc4ccc5ccc6cccc7ccc4c5c67)c4ccc(c1)c2c34. The van der Waals surface area contributed by atoms with E-state index in [-0.39, 0.29) is 0 Å². The van der Waals surface area contributed by atoms with Crippen molar-refractivity contribution in [1.82, 2.24) is 0 Å². The Morgan fingerprint density at radius 1 is 0.325 bits per heavy atom. The lowest BCUT2D eigenvalue weighted by Gasteiger charge is -2.14. The first kappa shape index (κ1) is 24.3. The number of thioether (sulfide) groups is 2. The Hall–Kier alpha value is -3.46. The fourth-order valence-electron chi connectivity index (χ4n) is 6.59. The minimum Gasteiger partial charge on any atom is -0.126 e. The Morgan fingerprint density at radius 3 is 1.10 bits per heavy atom. The second-order valence-electron chi connectivity index (χ2n) is 11.0. The zero-order valence-electron chi connectivity index (χ0n) is 22.5. The molecule has 8 aromatic carbocycles. The Morgan fingerprint density at radius 2 is 0.675 bits per heavy atom. The lowest BCUT2D eigenvalue weighted by molar-refractivity contribution is 0.711. The monoisotopic (exact) mass is 550 g/mol. The van der Waals surface area contributed by atoms with E-state index in [1.54, 1.807) is 0 Å². The molecule has 0 amide bonds. The van der Waals surface area contributed by atoms with Crippen molar-refractivity contribution in [3.63, 3.8) is 0 Å². The van der Waals surface area contributed by atoms with Crippen molar-refractivity contribution in [2.45, 2.75) is 35.5 Å². The van der Waals surface area contributed by atoms with Crippen molar-refractivity contribution in [3.05, 3.63) is 109 Å². The molecule has 0 aliphatic heterocycles. The molecular weight excluding hydrogens is 521 g/mol. The van der Waals surface area contributed by atoms with Gasteiger partial charge in [-0.1, -0.05) is 110 Å². The minimum absolute atomic E-state index is 1.19. The van der Waals surface area contributed by atoms with Gasteiger partial charge in [0.1, 0.15) is 0 Å². The minimum atomic E-state index is 1.19. The molecule has 0 aliphatic rings. The van der Waals surface area contributed by atoms with E-state index < -0.39 is 0 Å². The summed E-state index contributed by atoms with van der Waals surface area (Å²) in [5.41, 5.74) is 0. The first-order valence-corrected chi connectivity index (χ1v) is 16.4. The lowest BCUT2D eigenvalue weighted by Crippen LogP contribution is -1.88. The van der Waals surface area contributed by atoms with Crippen LogP contribution in [0, 0.1) is 0 Å². The molecule has 0 spiro atoms. The van der Waals surface area contributed by atoms with Gasteiger partial charge in [-0.3, -0.25) is 0 Å². The normalized spacial score (nSPS) is 12.3. The van der Waals surface area contributed by atoms with Crippen LogP contribution in [0.1, 0.15) is 25.7 Å². The van der Waals surface area contributed by atoms with Crippen LogP contribution in [-0.2, 0) is 0 Å². The van der Waals surface area contributed by atoms with Gasteiger partial charge in [0.05, 0.1) is 0 Å². The molecule has 40 heavy (non-hydrogen) atoms. The number of benzene rings is 8. The number of hydrogen-bond donors (Lipinski definition) is 0. The molecule has 0 aromatic heterocycles. The van der Waals surface area contributed by atoms with E-state index in [4.69, 9.17) is 0 Å². The summed E-state index contributed by atoms with van der Waals surface area (Å²) in [5.74, 6) is 2.37. The Kier molecular flexibility index (Phi) is 6.20. The summed E-state index contributed by atoms with van der Waals surface area (Å²) in [6.07, 6.45) is 5.15. The van der Waals surface area contributed by atoms with Crippen molar-refractivity contribution in [2.24, 2.45) is 0 Å². The highest BCUT2D eigenvalue weighted by Crippen LogP contribution is 2.40. The average Bonchev–Trinajstić information content (AvgIpc) is 3.01. The predicted octanol–water partition coefficient (Wildman–Crippen LogP) is 11.9. The maximum Gasteiger partial charge on any atom is 0.0151 e. The molecule has 0 N–H and O–H groups in total. The summed E-state index contributed by atoms with van der Waals surface area (Å²) in [7, 11) is 0. The Labute approximate surface area is 243 Å². The molecule has 2 heteroatoms. The van der Waals surface area contributed by atoms with Crippen LogP contribution in [0.5, 0.6) is 0 Å². The van der Waals surface area contributed by atoms with Gasteiger partial charge in [-0.25, -0.2) is 0 Å². The van der Waals surface area contributed by atoms with Gasteiger partial charge in [0.15, 0.2) is 0 Å². The maximum absolute atomic E-state index is 2.34. The van der Waals surface area contributed by atoms with Gasteiger partial charge >= 0.3 is 0 Å². The first-order valence-electron chi connectivity index (χ1n) is 14.4. The molecular formula is C38H30S2. The fraction of sp³-hybridized carbons (Fsp3) is 0.158. The van der Waals surface area contributed by atoms with E-state index in [0.717, 1.165) is 0 Å². The third kappa shape index (κ3) is 4.08. The van der Waals surface area contributed by atoms with Gasteiger partial charge in [0, 0.05) is 9.79 Å². The van der Waals surface area contributed by atoms with Crippen LogP contribution < -0.4 is 0 Å². The summed E-state index contributed by atoms with van der Waals surface area (Å²) in [5, 5.41) is 16.6. The molecule has 0 heterocycles.